The maximum Gasteiger partial charge on any atom is 0.0587 e. The Kier molecular flexibility index (Phi) is 6.60. The van der Waals surface area contributed by atoms with E-state index in [-0.39, 0.29) is 0 Å². The van der Waals surface area contributed by atoms with E-state index in [1.54, 1.807) is 7.11 Å². The summed E-state index contributed by atoms with van der Waals surface area (Å²) < 4.78 is 5.01. The van der Waals surface area contributed by atoms with Gasteiger partial charge < -0.3 is 10.1 Å². The van der Waals surface area contributed by atoms with E-state index >= 15 is 0 Å². The summed E-state index contributed by atoms with van der Waals surface area (Å²) in [6.07, 6.45) is 3.34. The van der Waals surface area contributed by atoms with Crippen LogP contribution in [0.2, 0.25) is 0 Å². The van der Waals surface area contributed by atoms with Crippen LogP contribution in [0.15, 0.2) is 29.8 Å². The highest BCUT2D eigenvalue weighted by Crippen LogP contribution is 2.10. The second kappa shape index (κ2) is 8.04. The second-order valence-electron chi connectivity index (χ2n) is 4.24. The molecule has 0 saturated carbocycles. The molecule has 0 heterocycles. The van der Waals surface area contributed by atoms with Crippen molar-refractivity contribution in [3.63, 3.8) is 0 Å². The van der Waals surface area contributed by atoms with Crippen molar-refractivity contribution in [3.05, 3.63) is 41.0 Å². The minimum atomic E-state index is 0.765. The third-order valence-electron chi connectivity index (χ3n) is 2.74. The van der Waals surface area contributed by atoms with Crippen LogP contribution in [0.1, 0.15) is 24.5 Å². The van der Waals surface area contributed by atoms with Gasteiger partial charge in [-0.3, -0.25) is 0 Å². The molecule has 1 aromatic carbocycles. The van der Waals surface area contributed by atoms with Crippen LogP contribution in [0, 0.1) is 6.92 Å². The smallest absolute Gasteiger partial charge is 0.0587 e. The number of hydrogen-bond acceptors (Lipinski definition) is 2. The Bertz CT molecular complexity index is 340. The first-order valence-electron chi connectivity index (χ1n) is 6.22. The van der Waals surface area contributed by atoms with Gasteiger partial charge in [0.2, 0.25) is 0 Å². The first-order valence-corrected chi connectivity index (χ1v) is 6.22. The lowest BCUT2D eigenvalue weighted by Crippen LogP contribution is -2.21. The number of methoxy groups -OCH3 is 1. The molecule has 0 saturated heterocycles. The molecule has 0 aromatic heterocycles. The molecular formula is C15H23NO. The Morgan fingerprint density at radius 1 is 1.29 bits per heavy atom. The van der Waals surface area contributed by atoms with E-state index in [1.807, 2.05) is 0 Å². The highest BCUT2D eigenvalue weighted by atomic mass is 16.5. The van der Waals surface area contributed by atoms with Gasteiger partial charge in [0.15, 0.2) is 0 Å². The summed E-state index contributed by atoms with van der Waals surface area (Å²) in [5.41, 5.74) is 4.00. The average molecular weight is 233 g/mol. The molecule has 94 valence electrons. The SMILES string of the molecule is CCC(=Cc1ccc(C)cc1)CNCCOC. The van der Waals surface area contributed by atoms with E-state index in [0.29, 0.717) is 0 Å². The van der Waals surface area contributed by atoms with Crippen molar-refractivity contribution in [2.45, 2.75) is 20.3 Å². The van der Waals surface area contributed by atoms with Gasteiger partial charge in [-0.25, -0.2) is 0 Å². The fourth-order valence-electron chi connectivity index (χ4n) is 1.60. The van der Waals surface area contributed by atoms with Crippen molar-refractivity contribution in [1.29, 1.82) is 0 Å². The highest BCUT2D eigenvalue weighted by Gasteiger charge is 1.95. The number of aryl methyl sites for hydroxylation is 1. The van der Waals surface area contributed by atoms with Crippen LogP contribution in [0.5, 0.6) is 0 Å². The highest BCUT2D eigenvalue weighted by molar-refractivity contribution is 5.53. The van der Waals surface area contributed by atoms with Gasteiger partial charge in [0, 0.05) is 20.2 Å². The van der Waals surface area contributed by atoms with Gasteiger partial charge in [0.25, 0.3) is 0 Å². The number of nitrogens with one attached hydrogen (secondary N) is 1. The standard InChI is InChI=1S/C15H23NO/c1-4-14(12-16-9-10-17-3)11-15-7-5-13(2)6-8-15/h5-8,11,16H,4,9-10,12H2,1-3H3. The second-order valence-corrected chi connectivity index (χ2v) is 4.24. The zero-order valence-corrected chi connectivity index (χ0v) is 11.1. The summed E-state index contributed by atoms with van der Waals surface area (Å²) >= 11 is 0. The molecule has 0 fully saturated rings. The lowest BCUT2D eigenvalue weighted by molar-refractivity contribution is 0.200. The van der Waals surface area contributed by atoms with E-state index < -0.39 is 0 Å². The summed E-state index contributed by atoms with van der Waals surface area (Å²) in [5, 5.41) is 3.38. The average Bonchev–Trinajstić information content (AvgIpc) is 2.35. The normalized spacial score (nSPS) is 11.8. The van der Waals surface area contributed by atoms with Gasteiger partial charge in [-0.15, -0.1) is 0 Å². The van der Waals surface area contributed by atoms with Crippen molar-refractivity contribution in [1.82, 2.24) is 5.32 Å². The molecule has 2 heteroatoms. The van der Waals surface area contributed by atoms with Crippen LogP contribution in [-0.4, -0.2) is 26.8 Å². The number of hydrogen-bond donors (Lipinski definition) is 1. The molecule has 0 amide bonds. The molecule has 2 nitrogen and oxygen atoms in total. The van der Waals surface area contributed by atoms with E-state index in [2.05, 4.69) is 49.5 Å². The third-order valence-corrected chi connectivity index (χ3v) is 2.74. The minimum absolute atomic E-state index is 0.765. The van der Waals surface area contributed by atoms with Crippen molar-refractivity contribution < 1.29 is 4.74 Å². The van der Waals surface area contributed by atoms with E-state index in [0.717, 1.165) is 26.1 Å². The molecule has 0 atom stereocenters. The summed E-state index contributed by atoms with van der Waals surface area (Å²) in [7, 11) is 1.73. The lowest BCUT2D eigenvalue weighted by Gasteiger charge is -2.07. The molecule has 1 N–H and O–H groups in total. The number of rotatable bonds is 7. The Morgan fingerprint density at radius 2 is 2.00 bits per heavy atom. The zero-order chi connectivity index (χ0) is 12.5. The van der Waals surface area contributed by atoms with Crippen LogP contribution in [0.4, 0.5) is 0 Å². The molecule has 17 heavy (non-hydrogen) atoms. The Balaban J connectivity index is 2.51. The molecule has 0 aliphatic carbocycles. The molecular weight excluding hydrogens is 210 g/mol. The van der Waals surface area contributed by atoms with E-state index in [1.165, 1.54) is 16.7 Å². The molecule has 1 rings (SSSR count). The monoisotopic (exact) mass is 233 g/mol. The first kappa shape index (κ1) is 13.9. The van der Waals surface area contributed by atoms with Crippen molar-refractivity contribution in [2.24, 2.45) is 0 Å². The molecule has 0 aliphatic rings. The third kappa shape index (κ3) is 5.66. The molecule has 0 bridgehead atoms. The fourth-order valence-corrected chi connectivity index (χ4v) is 1.60. The van der Waals surface area contributed by atoms with Gasteiger partial charge in [-0.05, 0) is 18.9 Å². The quantitative estimate of drug-likeness (QED) is 0.731. The molecule has 0 spiro atoms. The van der Waals surface area contributed by atoms with E-state index in [9.17, 15) is 0 Å². The summed E-state index contributed by atoms with van der Waals surface area (Å²) in [4.78, 5) is 0. The van der Waals surface area contributed by atoms with E-state index in [4.69, 9.17) is 4.74 Å². The van der Waals surface area contributed by atoms with Crippen molar-refractivity contribution in [3.8, 4) is 0 Å². The Labute approximate surface area is 105 Å². The van der Waals surface area contributed by atoms with Crippen molar-refractivity contribution in [2.75, 3.05) is 26.8 Å². The van der Waals surface area contributed by atoms with Crippen LogP contribution in [-0.2, 0) is 4.74 Å². The van der Waals surface area contributed by atoms with Gasteiger partial charge in [0.05, 0.1) is 6.61 Å². The van der Waals surface area contributed by atoms with Crippen molar-refractivity contribution >= 4 is 6.08 Å². The summed E-state index contributed by atoms with van der Waals surface area (Å²) in [5.74, 6) is 0. The first-order chi connectivity index (χ1) is 8.26. The topological polar surface area (TPSA) is 21.3 Å². The molecule has 0 aliphatic heterocycles. The van der Waals surface area contributed by atoms with Gasteiger partial charge in [0.1, 0.15) is 0 Å². The number of ether oxygens (including phenoxy) is 1. The molecule has 1 aromatic rings. The Hall–Kier alpha value is -1.12. The number of benzene rings is 1. The molecule has 0 unspecified atom stereocenters. The molecule has 0 radical (unpaired) electrons. The Morgan fingerprint density at radius 3 is 2.59 bits per heavy atom. The van der Waals surface area contributed by atoms with Gasteiger partial charge >= 0.3 is 0 Å². The van der Waals surface area contributed by atoms with Crippen LogP contribution in [0.3, 0.4) is 0 Å². The maximum atomic E-state index is 5.01. The van der Waals surface area contributed by atoms with Gasteiger partial charge in [-0.1, -0.05) is 48.4 Å². The van der Waals surface area contributed by atoms with Crippen LogP contribution in [0.25, 0.3) is 6.08 Å². The summed E-state index contributed by atoms with van der Waals surface area (Å²) in [6.45, 7) is 6.91. The lowest BCUT2D eigenvalue weighted by atomic mass is 10.1. The zero-order valence-electron chi connectivity index (χ0n) is 11.1. The van der Waals surface area contributed by atoms with Crippen LogP contribution >= 0.6 is 0 Å². The van der Waals surface area contributed by atoms with Crippen LogP contribution < -0.4 is 5.32 Å². The maximum absolute atomic E-state index is 5.01. The summed E-state index contributed by atoms with van der Waals surface area (Å²) in [6, 6.07) is 8.63. The predicted octanol–water partition coefficient (Wildman–Crippen LogP) is 3.02. The minimum Gasteiger partial charge on any atom is -0.383 e. The largest absolute Gasteiger partial charge is 0.383 e. The van der Waals surface area contributed by atoms with Gasteiger partial charge in [-0.2, -0.15) is 0 Å². The fraction of sp³-hybridized carbons (Fsp3) is 0.467. The predicted molar refractivity (Wildman–Crippen MR) is 74.2 cm³/mol.